The Kier molecular flexibility index (Phi) is 5.42. The monoisotopic (exact) mass is 410 g/mol. The molecule has 0 radical (unpaired) electrons. The fourth-order valence-electron chi connectivity index (χ4n) is 3.31. The number of carbonyl (C=O) groups is 2. The number of hydrogen-bond donors (Lipinski definition) is 1. The van der Waals surface area contributed by atoms with Gasteiger partial charge in [0, 0.05) is 36.2 Å². The predicted octanol–water partition coefficient (Wildman–Crippen LogP) is 2.67. The van der Waals surface area contributed by atoms with E-state index in [1.165, 1.54) is 24.1 Å². The molecule has 0 aliphatic carbocycles. The van der Waals surface area contributed by atoms with Gasteiger partial charge >= 0.3 is 0 Å². The number of rotatable bonds is 6. The zero-order valence-electron chi connectivity index (χ0n) is 16.2. The molecule has 1 unspecified atom stereocenters. The Morgan fingerprint density at radius 3 is 2.83 bits per heavy atom. The number of aromatic nitrogens is 2. The van der Waals surface area contributed by atoms with Crippen LogP contribution < -0.4 is 15.0 Å². The largest absolute Gasteiger partial charge is 0.494 e. The van der Waals surface area contributed by atoms with E-state index < -0.39 is 5.82 Å². The normalized spacial score (nSPS) is 16.0. The molecule has 0 bridgehead atoms. The molecule has 8 nitrogen and oxygen atoms in total. The lowest BCUT2D eigenvalue weighted by atomic mass is 10.1. The molecule has 1 aliphatic heterocycles. The highest BCUT2D eigenvalue weighted by molar-refractivity contribution is 5.96. The van der Waals surface area contributed by atoms with Crippen LogP contribution in [0.4, 0.5) is 10.1 Å². The second kappa shape index (κ2) is 8.32. The van der Waals surface area contributed by atoms with Crippen LogP contribution in [0.15, 0.2) is 53.1 Å². The third kappa shape index (κ3) is 4.00. The molecule has 2 aromatic carbocycles. The first-order valence-electron chi connectivity index (χ1n) is 9.35. The average molecular weight is 410 g/mol. The van der Waals surface area contributed by atoms with Crippen molar-refractivity contribution in [3.63, 3.8) is 0 Å². The zero-order valence-corrected chi connectivity index (χ0v) is 16.2. The highest BCUT2D eigenvalue weighted by atomic mass is 19.1. The van der Waals surface area contributed by atoms with E-state index in [4.69, 9.17) is 9.26 Å². The van der Waals surface area contributed by atoms with Gasteiger partial charge in [0.15, 0.2) is 17.4 Å². The van der Waals surface area contributed by atoms with Crippen molar-refractivity contribution in [2.24, 2.45) is 0 Å². The topological polar surface area (TPSA) is 97.6 Å². The quantitative estimate of drug-likeness (QED) is 0.671. The molecular weight excluding hydrogens is 391 g/mol. The van der Waals surface area contributed by atoms with E-state index in [0.29, 0.717) is 23.6 Å². The summed E-state index contributed by atoms with van der Waals surface area (Å²) in [7, 11) is 1.38. The van der Waals surface area contributed by atoms with Gasteiger partial charge in [-0.3, -0.25) is 9.59 Å². The minimum absolute atomic E-state index is 0.0782. The van der Waals surface area contributed by atoms with Crippen LogP contribution in [-0.4, -0.2) is 35.6 Å². The molecule has 1 fully saturated rings. The molecule has 9 heteroatoms. The first kappa shape index (κ1) is 19.6. The van der Waals surface area contributed by atoms with Crippen molar-refractivity contribution in [3.05, 3.63) is 71.6 Å². The van der Waals surface area contributed by atoms with Gasteiger partial charge in [-0.15, -0.1) is 0 Å². The number of hydrogen-bond acceptors (Lipinski definition) is 6. The SMILES string of the molecule is COc1ccc(N2CC(c3noc(CNC(=O)c4ccccc4)n3)CC2=O)cc1F. The van der Waals surface area contributed by atoms with Gasteiger partial charge in [-0.2, -0.15) is 4.98 Å². The summed E-state index contributed by atoms with van der Waals surface area (Å²) in [5.74, 6) is -0.499. The van der Waals surface area contributed by atoms with Crippen molar-refractivity contribution < 1.29 is 23.2 Å². The Morgan fingerprint density at radius 2 is 2.10 bits per heavy atom. The first-order valence-corrected chi connectivity index (χ1v) is 9.35. The molecule has 30 heavy (non-hydrogen) atoms. The summed E-state index contributed by atoms with van der Waals surface area (Å²) >= 11 is 0. The fraction of sp³-hybridized carbons (Fsp3) is 0.238. The van der Waals surface area contributed by atoms with Crippen molar-refractivity contribution in [3.8, 4) is 5.75 Å². The third-order valence-electron chi connectivity index (χ3n) is 4.86. The summed E-state index contributed by atoms with van der Waals surface area (Å²) < 4.78 is 24.1. The number of anilines is 1. The van der Waals surface area contributed by atoms with Crippen molar-refractivity contribution in [2.45, 2.75) is 18.9 Å². The molecule has 1 saturated heterocycles. The van der Waals surface area contributed by atoms with Gasteiger partial charge in [0.1, 0.15) is 0 Å². The van der Waals surface area contributed by atoms with Crippen LogP contribution in [0.25, 0.3) is 0 Å². The third-order valence-corrected chi connectivity index (χ3v) is 4.86. The van der Waals surface area contributed by atoms with Gasteiger partial charge in [0.25, 0.3) is 5.91 Å². The molecule has 3 aromatic rings. The van der Waals surface area contributed by atoms with Crippen LogP contribution >= 0.6 is 0 Å². The molecule has 154 valence electrons. The fourth-order valence-corrected chi connectivity index (χ4v) is 3.31. The average Bonchev–Trinajstić information content (AvgIpc) is 3.39. The Balaban J connectivity index is 1.40. The van der Waals surface area contributed by atoms with Gasteiger partial charge < -0.3 is 19.5 Å². The van der Waals surface area contributed by atoms with Gasteiger partial charge in [-0.1, -0.05) is 23.4 Å². The molecule has 1 N–H and O–H groups in total. The molecule has 1 atom stereocenters. The van der Waals surface area contributed by atoms with E-state index >= 15 is 0 Å². The summed E-state index contributed by atoms with van der Waals surface area (Å²) in [6, 6.07) is 13.2. The van der Waals surface area contributed by atoms with E-state index in [9.17, 15) is 14.0 Å². The van der Waals surface area contributed by atoms with Crippen molar-refractivity contribution in [1.29, 1.82) is 0 Å². The first-order chi connectivity index (χ1) is 14.5. The maximum Gasteiger partial charge on any atom is 0.251 e. The Labute approximate surface area is 171 Å². The molecule has 0 saturated carbocycles. The summed E-state index contributed by atoms with van der Waals surface area (Å²) in [6.07, 6.45) is 0.184. The van der Waals surface area contributed by atoms with Crippen molar-refractivity contribution in [2.75, 3.05) is 18.6 Å². The summed E-state index contributed by atoms with van der Waals surface area (Å²) in [4.78, 5) is 30.3. The van der Waals surface area contributed by atoms with Crippen molar-refractivity contribution >= 4 is 17.5 Å². The number of nitrogens with zero attached hydrogens (tertiary/aromatic N) is 3. The Morgan fingerprint density at radius 1 is 1.30 bits per heavy atom. The van der Waals surface area contributed by atoms with Crippen molar-refractivity contribution in [1.82, 2.24) is 15.5 Å². The maximum absolute atomic E-state index is 14.0. The molecule has 4 rings (SSSR count). The van der Waals surface area contributed by atoms with E-state index in [1.54, 1.807) is 30.3 Å². The molecule has 0 spiro atoms. The smallest absolute Gasteiger partial charge is 0.251 e. The van der Waals surface area contributed by atoms with E-state index in [1.807, 2.05) is 6.07 Å². The van der Waals surface area contributed by atoms with E-state index in [2.05, 4.69) is 15.5 Å². The molecular formula is C21H19FN4O4. The van der Waals surface area contributed by atoms with Crippen LogP contribution in [0.1, 0.15) is 34.4 Å². The number of benzene rings is 2. The minimum atomic E-state index is -0.540. The van der Waals surface area contributed by atoms with Gasteiger partial charge in [0.2, 0.25) is 11.8 Å². The lowest BCUT2D eigenvalue weighted by Crippen LogP contribution is -2.24. The highest BCUT2D eigenvalue weighted by Gasteiger charge is 2.35. The standard InChI is InChI=1S/C21H19FN4O4/c1-29-17-8-7-15(10-16(17)22)26-12-14(9-19(26)27)20-24-18(30-25-20)11-23-21(28)13-5-3-2-4-6-13/h2-8,10,14H,9,11-12H2,1H3,(H,23,28). The number of methoxy groups -OCH3 is 1. The number of ether oxygens (including phenoxy) is 1. The number of halogens is 1. The Bertz CT molecular complexity index is 1070. The highest BCUT2D eigenvalue weighted by Crippen LogP contribution is 2.32. The lowest BCUT2D eigenvalue weighted by Gasteiger charge is -2.16. The van der Waals surface area contributed by atoms with Gasteiger partial charge in [-0.25, -0.2) is 4.39 Å². The molecule has 2 heterocycles. The lowest BCUT2D eigenvalue weighted by molar-refractivity contribution is -0.117. The number of amides is 2. The van der Waals surface area contributed by atoms with E-state index in [0.717, 1.165) is 0 Å². The second-order valence-corrected chi connectivity index (χ2v) is 6.82. The number of carbonyl (C=O) groups excluding carboxylic acids is 2. The number of nitrogens with one attached hydrogen (secondary N) is 1. The molecule has 2 amide bonds. The van der Waals surface area contributed by atoms with Crippen LogP contribution in [0, 0.1) is 5.82 Å². The van der Waals surface area contributed by atoms with E-state index in [-0.39, 0.29) is 42.3 Å². The summed E-state index contributed by atoms with van der Waals surface area (Å²) in [5.41, 5.74) is 0.973. The minimum Gasteiger partial charge on any atom is -0.494 e. The maximum atomic E-state index is 14.0. The molecule has 1 aromatic heterocycles. The predicted molar refractivity (Wildman–Crippen MR) is 105 cm³/mol. The van der Waals surface area contributed by atoms with Crippen LogP contribution in [-0.2, 0) is 11.3 Å². The summed E-state index contributed by atoms with van der Waals surface area (Å²) in [6.45, 7) is 0.384. The Hall–Kier alpha value is -3.75. The summed E-state index contributed by atoms with van der Waals surface area (Å²) in [5, 5.41) is 6.66. The van der Waals surface area contributed by atoms with Crippen LogP contribution in [0.3, 0.4) is 0 Å². The van der Waals surface area contributed by atoms with Crippen LogP contribution in [0.5, 0.6) is 5.75 Å². The molecule has 1 aliphatic rings. The second-order valence-electron chi connectivity index (χ2n) is 6.82. The zero-order chi connectivity index (χ0) is 21.1. The van der Waals surface area contributed by atoms with Gasteiger partial charge in [-0.05, 0) is 24.3 Å². The van der Waals surface area contributed by atoms with Gasteiger partial charge in [0.05, 0.1) is 13.7 Å². The van der Waals surface area contributed by atoms with Crippen LogP contribution in [0.2, 0.25) is 0 Å².